The van der Waals surface area contributed by atoms with Crippen LogP contribution in [0.3, 0.4) is 0 Å². The van der Waals surface area contributed by atoms with Crippen molar-refractivity contribution >= 4 is 46.1 Å². The van der Waals surface area contributed by atoms with Gasteiger partial charge in [-0.2, -0.15) is 0 Å². The molecule has 4 aliphatic rings. The van der Waals surface area contributed by atoms with Gasteiger partial charge in [0.05, 0.1) is 14.0 Å². The molecule has 0 N–H and O–H groups in total. The molecular weight excluding hydrogens is 343 g/mol. The zero-order chi connectivity index (χ0) is 15.0. The summed E-state index contributed by atoms with van der Waals surface area (Å²) in [6, 6.07) is 2.00. The second-order valence-corrected chi connectivity index (χ2v) is 11.4. The average Bonchev–Trinajstić information content (AvgIpc) is 2.62. The number of rotatable bonds is 2. The maximum Gasteiger partial charge on any atom is 0.0991 e. The lowest BCUT2D eigenvalue weighted by atomic mass is 9.39. The summed E-state index contributed by atoms with van der Waals surface area (Å²) in [5, 5.41) is 0.01000. The summed E-state index contributed by atoms with van der Waals surface area (Å²) >= 11 is 21.0. The number of hydrogen-bond acceptors (Lipinski definition) is 1. The molecule has 0 spiro atoms. The number of alkyl halides is 1. The van der Waals surface area contributed by atoms with Gasteiger partial charge in [0.1, 0.15) is 0 Å². The van der Waals surface area contributed by atoms with E-state index in [0.717, 1.165) is 20.2 Å². The van der Waals surface area contributed by atoms with Crippen molar-refractivity contribution in [1.82, 2.24) is 0 Å². The number of thiophene rings is 1. The van der Waals surface area contributed by atoms with Crippen LogP contribution in [0, 0.1) is 22.2 Å². The molecule has 0 aromatic carbocycles. The highest BCUT2D eigenvalue weighted by Gasteiger charge is 2.62. The Labute approximate surface area is 146 Å². The molecule has 1 heterocycles. The number of halogens is 3. The standard InChI is InChI=1S/C17H21Cl3S/c1-15-4-10-5-16(2,7-15)9-17(6-10,8-15)13(19)11-3-12(18)21-14(11)20/h3,10,13H,4-9H2,1-2H3. The van der Waals surface area contributed by atoms with Gasteiger partial charge in [-0.15, -0.1) is 22.9 Å². The zero-order valence-corrected chi connectivity index (χ0v) is 15.6. The minimum Gasteiger partial charge on any atom is -0.117 e. The molecule has 0 saturated heterocycles. The van der Waals surface area contributed by atoms with Crippen LogP contribution < -0.4 is 0 Å². The quantitative estimate of drug-likeness (QED) is 0.482. The SMILES string of the molecule is CC12CC3CC(C)(C1)CC(C(Cl)c1cc(Cl)sc1Cl)(C3)C2. The summed E-state index contributed by atoms with van der Waals surface area (Å²) in [5.74, 6) is 0.852. The van der Waals surface area contributed by atoms with Crippen molar-refractivity contribution in [2.24, 2.45) is 22.2 Å². The highest BCUT2D eigenvalue weighted by molar-refractivity contribution is 7.20. The van der Waals surface area contributed by atoms with Crippen LogP contribution in [0.2, 0.25) is 8.67 Å². The lowest BCUT2D eigenvalue weighted by molar-refractivity contribution is -0.146. The van der Waals surface area contributed by atoms with E-state index in [4.69, 9.17) is 34.8 Å². The second-order valence-electron chi connectivity index (χ2n) is 8.63. The van der Waals surface area contributed by atoms with Crippen molar-refractivity contribution in [3.8, 4) is 0 Å². The molecule has 4 bridgehead atoms. The van der Waals surface area contributed by atoms with Crippen LogP contribution in [0.5, 0.6) is 0 Å². The fraction of sp³-hybridized carbons (Fsp3) is 0.765. The van der Waals surface area contributed by atoms with E-state index in [-0.39, 0.29) is 10.8 Å². The van der Waals surface area contributed by atoms with E-state index in [1.54, 1.807) is 0 Å². The predicted molar refractivity (Wildman–Crippen MR) is 92.8 cm³/mol. The molecular formula is C17H21Cl3S. The molecule has 4 aliphatic carbocycles. The van der Waals surface area contributed by atoms with Crippen molar-refractivity contribution in [3.63, 3.8) is 0 Å². The summed E-state index contributed by atoms with van der Waals surface area (Å²) in [6.45, 7) is 4.96. The third-order valence-electron chi connectivity index (χ3n) is 6.16. The molecule has 5 rings (SSSR count). The van der Waals surface area contributed by atoms with Crippen molar-refractivity contribution in [3.05, 3.63) is 20.3 Å². The lowest BCUT2D eigenvalue weighted by Crippen LogP contribution is -2.56. The first-order valence-electron chi connectivity index (χ1n) is 7.82. The Hall–Kier alpha value is 0.570. The van der Waals surface area contributed by atoms with Crippen LogP contribution in [0.1, 0.15) is 63.3 Å². The minimum absolute atomic E-state index is 0.01000. The molecule has 0 amide bonds. The van der Waals surface area contributed by atoms with Crippen LogP contribution in [-0.4, -0.2) is 0 Å². The van der Waals surface area contributed by atoms with E-state index < -0.39 is 0 Å². The van der Waals surface area contributed by atoms with Gasteiger partial charge in [0.2, 0.25) is 0 Å². The van der Waals surface area contributed by atoms with Gasteiger partial charge in [0.25, 0.3) is 0 Å². The van der Waals surface area contributed by atoms with Crippen LogP contribution in [-0.2, 0) is 0 Å². The molecule has 116 valence electrons. The molecule has 4 saturated carbocycles. The first kappa shape index (κ1) is 15.1. The molecule has 4 fully saturated rings. The molecule has 0 nitrogen and oxygen atoms in total. The van der Waals surface area contributed by atoms with E-state index in [0.29, 0.717) is 10.8 Å². The van der Waals surface area contributed by atoms with Crippen LogP contribution in [0.25, 0.3) is 0 Å². The molecule has 0 radical (unpaired) electrons. The third kappa shape index (κ3) is 2.30. The number of hydrogen-bond donors (Lipinski definition) is 0. The molecule has 1 aromatic heterocycles. The maximum absolute atomic E-state index is 7.03. The molecule has 4 heteroatoms. The van der Waals surface area contributed by atoms with Gasteiger partial charge in [-0.3, -0.25) is 0 Å². The van der Waals surface area contributed by atoms with Gasteiger partial charge in [0.15, 0.2) is 0 Å². The summed E-state index contributed by atoms with van der Waals surface area (Å²) in [5.41, 5.74) is 2.25. The molecule has 1 aromatic rings. The summed E-state index contributed by atoms with van der Waals surface area (Å²) < 4.78 is 1.54. The van der Waals surface area contributed by atoms with Gasteiger partial charge < -0.3 is 0 Å². The average molecular weight is 364 g/mol. The Bertz CT molecular complexity index is 575. The van der Waals surface area contributed by atoms with Gasteiger partial charge in [-0.05, 0) is 66.8 Å². The van der Waals surface area contributed by atoms with E-state index in [2.05, 4.69) is 13.8 Å². The molecule has 0 aliphatic heterocycles. The predicted octanol–water partition coefficient (Wildman–Crippen LogP) is 7.33. The Morgan fingerprint density at radius 2 is 1.71 bits per heavy atom. The Kier molecular flexibility index (Phi) is 3.28. The summed E-state index contributed by atoms with van der Waals surface area (Å²) in [6.07, 6.45) is 7.95. The van der Waals surface area contributed by atoms with Crippen molar-refractivity contribution in [2.75, 3.05) is 0 Å². The van der Waals surface area contributed by atoms with Crippen LogP contribution in [0.15, 0.2) is 6.07 Å². The lowest BCUT2D eigenvalue weighted by Gasteiger charge is -2.66. The van der Waals surface area contributed by atoms with Gasteiger partial charge >= 0.3 is 0 Å². The van der Waals surface area contributed by atoms with E-state index >= 15 is 0 Å². The largest absolute Gasteiger partial charge is 0.117 e. The second kappa shape index (κ2) is 4.56. The normalized spacial score (nSPS) is 46.0. The first-order chi connectivity index (χ1) is 9.73. The Morgan fingerprint density at radius 3 is 2.19 bits per heavy atom. The minimum atomic E-state index is 0.01000. The Balaban J connectivity index is 1.75. The third-order valence-corrected chi connectivity index (χ3v) is 8.38. The van der Waals surface area contributed by atoms with Crippen molar-refractivity contribution < 1.29 is 0 Å². The monoisotopic (exact) mass is 362 g/mol. The zero-order valence-electron chi connectivity index (χ0n) is 12.5. The van der Waals surface area contributed by atoms with Gasteiger partial charge in [-0.25, -0.2) is 0 Å². The fourth-order valence-electron chi connectivity index (χ4n) is 6.67. The van der Waals surface area contributed by atoms with Crippen LogP contribution >= 0.6 is 46.1 Å². The van der Waals surface area contributed by atoms with Gasteiger partial charge in [0, 0.05) is 5.56 Å². The molecule has 21 heavy (non-hydrogen) atoms. The smallest absolute Gasteiger partial charge is 0.0991 e. The first-order valence-corrected chi connectivity index (χ1v) is 9.82. The van der Waals surface area contributed by atoms with Crippen LogP contribution in [0.4, 0.5) is 0 Å². The van der Waals surface area contributed by atoms with E-state index in [1.165, 1.54) is 49.9 Å². The maximum atomic E-state index is 7.03. The topological polar surface area (TPSA) is 0 Å². The summed E-state index contributed by atoms with van der Waals surface area (Å²) in [4.78, 5) is 0. The highest BCUT2D eigenvalue weighted by Crippen LogP contribution is 2.73. The van der Waals surface area contributed by atoms with E-state index in [9.17, 15) is 0 Å². The summed E-state index contributed by atoms with van der Waals surface area (Å²) in [7, 11) is 0. The molecule has 3 atom stereocenters. The van der Waals surface area contributed by atoms with Crippen molar-refractivity contribution in [2.45, 2.75) is 57.7 Å². The van der Waals surface area contributed by atoms with Gasteiger partial charge in [-0.1, -0.05) is 37.0 Å². The highest BCUT2D eigenvalue weighted by atomic mass is 35.5. The van der Waals surface area contributed by atoms with Crippen molar-refractivity contribution in [1.29, 1.82) is 0 Å². The fourth-order valence-corrected chi connectivity index (χ4v) is 8.74. The molecule has 3 unspecified atom stereocenters. The van der Waals surface area contributed by atoms with E-state index in [1.807, 2.05) is 6.07 Å². The Morgan fingerprint density at radius 1 is 1.10 bits per heavy atom.